The standard InChI is InChI=1S/C12H11ClFNS/c13-6-10(5-12-7-15-8-16-12)9-1-3-11(14)4-2-9/h1-4,7-8,10H,5-6H2. The van der Waals surface area contributed by atoms with E-state index in [9.17, 15) is 4.39 Å². The number of benzene rings is 1. The number of halogens is 2. The van der Waals surface area contributed by atoms with Gasteiger partial charge >= 0.3 is 0 Å². The van der Waals surface area contributed by atoms with E-state index in [4.69, 9.17) is 11.6 Å². The molecule has 1 atom stereocenters. The minimum Gasteiger partial charge on any atom is -0.253 e. The number of rotatable bonds is 4. The molecule has 4 heteroatoms. The van der Waals surface area contributed by atoms with Gasteiger partial charge in [0.25, 0.3) is 0 Å². The van der Waals surface area contributed by atoms with Crippen LogP contribution in [0.15, 0.2) is 36.0 Å². The summed E-state index contributed by atoms with van der Waals surface area (Å²) >= 11 is 7.57. The number of alkyl halides is 1. The van der Waals surface area contributed by atoms with Crippen LogP contribution in [0.5, 0.6) is 0 Å². The highest BCUT2D eigenvalue weighted by Crippen LogP contribution is 2.24. The molecule has 0 bridgehead atoms. The lowest BCUT2D eigenvalue weighted by Crippen LogP contribution is -2.03. The molecule has 0 aliphatic rings. The highest BCUT2D eigenvalue weighted by molar-refractivity contribution is 7.09. The van der Waals surface area contributed by atoms with E-state index in [1.54, 1.807) is 23.5 Å². The van der Waals surface area contributed by atoms with Gasteiger partial charge in [0.1, 0.15) is 5.82 Å². The number of nitrogens with zero attached hydrogens (tertiary/aromatic N) is 1. The van der Waals surface area contributed by atoms with Crippen molar-refractivity contribution < 1.29 is 4.39 Å². The summed E-state index contributed by atoms with van der Waals surface area (Å²) in [6.07, 6.45) is 2.72. The monoisotopic (exact) mass is 255 g/mol. The average molecular weight is 256 g/mol. The van der Waals surface area contributed by atoms with E-state index in [0.29, 0.717) is 5.88 Å². The van der Waals surface area contributed by atoms with E-state index >= 15 is 0 Å². The van der Waals surface area contributed by atoms with Crippen LogP contribution in [0.2, 0.25) is 0 Å². The van der Waals surface area contributed by atoms with Crippen LogP contribution in [0.1, 0.15) is 16.4 Å². The second-order valence-corrected chi connectivity index (χ2v) is 4.85. The first-order valence-electron chi connectivity index (χ1n) is 4.98. The molecule has 0 aliphatic heterocycles. The quantitative estimate of drug-likeness (QED) is 0.757. The van der Waals surface area contributed by atoms with Gasteiger partial charge in [-0.2, -0.15) is 0 Å². The van der Waals surface area contributed by atoms with Crippen LogP contribution in [0.25, 0.3) is 0 Å². The summed E-state index contributed by atoms with van der Waals surface area (Å²) in [7, 11) is 0. The molecule has 0 radical (unpaired) electrons. The molecule has 0 N–H and O–H groups in total. The first-order valence-corrected chi connectivity index (χ1v) is 6.40. The van der Waals surface area contributed by atoms with Crippen LogP contribution in [0.4, 0.5) is 4.39 Å². The molecule has 1 nitrogen and oxygen atoms in total. The molecule has 0 spiro atoms. The van der Waals surface area contributed by atoms with Gasteiger partial charge in [-0.05, 0) is 24.1 Å². The van der Waals surface area contributed by atoms with Gasteiger partial charge in [-0.15, -0.1) is 22.9 Å². The molecule has 0 fully saturated rings. The van der Waals surface area contributed by atoms with E-state index < -0.39 is 0 Å². The maximum absolute atomic E-state index is 12.8. The fourth-order valence-corrected chi connectivity index (χ4v) is 2.55. The minimum absolute atomic E-state index is 0.213. The molecule has 0 saturated heterocycles. The Kier molecular flexibility index (Phi) is 3.91. The van der Waals surface area contributed by atoms with Crippen LogP contribution in [-0.2, 0) is 6.42 Å². The lowest BCUT2D eigenvalue weighted by atomic mass is 9.97. The van der Waals surface area contributed by atoms with E-state index in [2.05, 4.69) is 4.98 Å². The summed E-state index contributed by atoms with van der Waals surface area (Å²) in [6, 6.07) is 6.54. The smallest absolute Gasteiger partial charge is 0.123 e. The van der Waals surface area contributed by atoms with E-state index in [-0.39, 0.29) is 11.7 Å². The van der Waals surface area contributed by atoms with Gasteiger partial charge in [-0.25, -0.2) is 4.39 Å². The number of hydrogen-bond acceptors (Lipinski definition) is 2. The van der Waals surface area contributed by atoms with Gasteiger partial charge in [0, 0.05) is 22.9 Å². The first-order chi connectivity index (χ1) is 7.79. The Morgan fingerprint density at radius 3 is 2.62 bits per heavy atom. The van der Waals surface area contributed by atoms with Crippen molar-refractivity contribution in [3.05, 3.63) is 52.2 Å². The van der Waals surface area contributed by atoms with Crippen LogP contribution in [0.3, 0.4) is 0 Å². The van der Waals surface area contributed by atoms with Crippen molar-refractivity contribution in [1.82, 2.24) is 4.98 Å². The van der Waals surface area contributed by atoms with E-state index in [1.165, 1.54) is 17.0 Å². The summed E-state index contributed by atoms with van der Waals surface area (Å²) in [5.74, 6) is 0.543. The van der Waals surface area contributed by atoms with E-state index in [0.717, 1.165) is 12.0 Å². The van der Waals surface area contributed by atoms with Crippen LogP contribution in [0, 0.1) is 5.82 Å². The topological polar surface area (TPSA) is 12.9 Å². The average Bonchev–Trinajstić information content (AvgIpc) is 2.80. The van der Waals surface area contributed by atoms with Gasteiger partial charge in [0.15, 0.2) is 0 Å². The van der Waals surface area contributed by atoms with Gasteiger partial charge in [0.2, 0.25) is 0 Å². The predicted octanol–water partition coefficient (Wildman–Crippen LogP) is 3.85. The summed E-state index contributed by atoms with van der Waals surface area (Å²) in [5, 5.41) is 0. The molecule has 1 heterocycles. The minimum atomic E-state index is -0.213. The molecule has 1 unspecified atom stereocenters. The van der Waals surface area contributed by atoms with Gasteiger partial charge in [-0.3, -0.25) is 4.98 Å². The molecule has 2 aromatic rings. The lowest BCUT2D eigenvalue weighted by Gasteiger charge is -2.12. The molecule has 1 aromatic heterocycles. The molecule has 0 aliphatic carbocycles. The number of thiazole rings is 1. The van der Waals surface area contributed by atoms with Crippen LogP contribution >= 0.6 is 22.9 Å². The Morgan fingerprint density at radius 1 is 1.31 bits per heavy atom. The molecule has 1 aromatic carbocycles. The SMILES string of the molecule is Fc1ccc(C(CCl)Cc2cncs2)cc1. The zero-order chi connectivity index (χ0) is 11.4. The second-order valence-electron chi connectivity index (χ2n) is 3.57. The number of hydrogen-bond donors (Lipinski definition) is 0. The first kappa shape index (κ1) is 11.6. The van der Waals surface area contributed by atoms with Crippen molar-refractivity contribution in [2.45, 2.75) is 12.3 Å². The molecule has 16 heavy (non-hydrogen) atoms. The molecule has 0 saturated carbocycles. The van der Waals surface area contributed by atoms with Gasteiger partial charge < -0.3 is 0 Å². The number of aromatic nitrogens is 1. The Bertz CT molecular complexity index is 427. The van der Waals surface area contributed by atoms with Crippen molar-refractivity contribution in [3.63, 3.8) is 0 Å². The third kappa shape index (κ3) is 2.80. The molecule has 84 valence electrons. The highest BCUT2D eigenvalue weighted by Gasteiger charge is 2.12. The Labute approximate surface area is 103 Å². The van der Waals surface area contributed by atoms with Gasteiger partial charge in [0.05, 0.1) is 5.51 Å². The second kappa shape index (κ2) is 5.41. The van der Waals surface area contributed by atoms with Crippen LogP contribution in [-0.4, -0.2) is 10.9 Å². The fourth-order valence-electron chi connectivity index (χ4n) is 1.58. The third-order valence-electron chi connectivity index (χ3n) is 2.46. The Balaban J connectivity index is 2.13. The highest BCUT2D eigenvalue weighted by atomic mass is 35.5. The molecular formula is C12H11ClFNS. The van der Waals surface area contributed by atoms with Crippen molar-refractivity contribution in [2.75, 3.05) is 5.88 Å². The Hall–Kier alpha value is -0.930. The van der Waals surface area contributed by atoms with Crippen molar-refractivity contribution in [3.8, 4) is 0 Å². The van der Waals surface area contributed by atoms with Crippen LogP contribution < -0.4 is 0 Å². The van der Waals surface area contributed by atoms with E-state index in [1.807, 2.05) is 11.7 Å². The van der Waals surface area contributed by atoms with Gasteiger partial charge in [-0.1, -0.05) is 12.1 Å². The summed E-state index contributed by atoms with van der Waals surface area (Å²) in [5.41, 5.74) is 2.88. The largest absolute Gasteiger partial charge is 0.253 e. The molecule has 2 rings (SSSR count). The third-order valence-corrected chi connectivity index (χ3v) is 3.63. The molecule has 0 amide bonds. The fraction of sp³-hybridized carbons (Fsp3) is 0.250. The summed E-state index contributed by atoms with van der Waals surface area (Å²) in [6.45, 7) is 0. The maximum Gasteiger partial charge on any atom is 0.123 e. The van der Waals surface area contributed by atoms with Crippen molar-refractivity contribution >= 4 is 22.9 Å². The zero-order valence-electron chi connectivity index (χ0n) is 8.57. The normalized spacial score (nSPS) is 12.6. The lowest BCUT2D eigenvalue weighted by molar-refractivity contribution is 0.625. The van der Waals surface area contributed by atoms with Crippen molar-refractivity contribution in [1.29, 1.82) is 0 Å². The maximum atomic E-state index is 12.8. The summed E-state index contributed by atoms with van der Waals surface area (Å²) in [4.78, 5) is 5.24. The zero-order valence-corrected chi connectivity index (χ0v) is 10.1. The predicted molar refractivity (Wildman–Crippen MR) is 65.7 cm³/mol. The van der Waals surface area contributed by atoms with Crippen molar-refractivity contribution in [2.24, 2.45) is 0 Å². The molecular weight excluding hydrogens is 245 g/mol. The Morgan fingerprint density at radius 2 is 2.06 bits per heavy atom. The summed E-state index contributed by atoms with van der Waals surface area (Å²) < 4.78 is 12.8.